The molecule has 0 radical (unpaired) electrons. The van der Waals surface area contributed by atoms with E-state index in [0.29, 0.717) is 6.04 Å². The molecule has 2 atom stereocenters. The Labute approximate surface area is 98.2 Å². The number of hydrogen-bond donors (Lipinski definition) is 2. The van der Waals surface area contributed by atoms with Gasteiger partial charge in [-0.15, -0.1) is 0 Å². The monoisotopic (exact) mass is 231 g/mol. The van der Waals surface area contributed by atoms with E-state index in [1.807, 2.05) is 11.8 Å². The van der Waals surface area contributed by atoms with Gasteiger partial charge in [-0.05, 0) is 25.5 Å². The lowest BCUT2D eigenvalue weighted by atomic mass is 10.0. The van der Waals surface area contributed by atoms with E-state index in [1.54, 1.807) is 0 Å². The molecular formula is C12H25NOS. The van der Waals surface area contributed by atoms with E-state index in [0.717, 1.165) is 24.5 Å². The molecule has 1 heterocycles. The van der Waals surface area contributed by atoms with Crippen molar-refractivity contribution in [2.75, 3.05) is 18.1 Å². The molecule has 0 amide bonds. The SMILES string of the molecule is CCCCCC(C)NCC1(O)CCSC1. The molecule has 1 saturated heterocycles. The van der Waals surface area contributed by atoms with Crippen LogP contribution in [0.3, 0.4) is 0 Å². The minimum Gasteiger partial charge on any atom is -0.388 e. The van der Waals surface area contributed by atoms with Gasteiger partial charge in [0.05, 0.1) is 5.60 Å². The molecule has 1 rings (SSSR count). The molecule has 2 nitrogen and oxygen atoms in total. The summed E-state index contributed by atoms with van der Waals surface area (Å²) in [5.41, 5.74) is -0.427. The molecule has 2 unspecified atom stereocenters. The molecule has 1 aliphatic rings. The zero-order valence-corrected chi connectivity index (χ0v) is 10.9. The Kier molecular flexibility index (Phi) is 6.02. The molecule has 2 N–H and O–H groups in total. The van der Waals surface area contributed by atoms with Crippen molar-refractivity contribution < 1.29 is 5.11 Å². The molecule has 0 spiro atoms. The lowest BCUT2D eigenvalue weighted by Gasteiger charge is -2.24. The lowest BCUT2D eigenvalue weighted by molar-refractivity contribution is 0.0647. The van der Waals surface area contributed by atoms with Crippen LogP contribution in [0.5, 0.6) is 0 Å². The molecule has 90 valence electrons. The summed E-state index contributed by atoms with van der Waals surface area (Å²) in [5.74, 6) is 2.02. The smallest absolute Gasteiger partial charge is 0.0869 e. The molecule has 0 aliphatic carbocycles. The zero-order valence-electron chi connectivity index (χ0n) is 10.1. The molecule has 1 aliphatic heterocycles. The highest BCUT2D eigenvalue weighted by Gasteiger charge is 2.31. The number of hydrogen-bond acceptors (Lipinski definition) is 3. The predicted molar refractivity (Wildman–Crippen MR) is 68.5 cm³/mol. The Hall–Kier alpha value is 0.270. The number of unbranched alkanes of at least 4 members (excludes halogenated alkanes) is 2. The van der Waals surface area contributed by atoms with Gasteiger partial charge in [0.1, 0.15) is 0 Å². The minimum atomic E-state index is -0.427. The highest BCUT2D eigenvalue weighted by atomic mass is 32.2. The second-order valence-electron chi connectivity index (χ2n) is 4.80. The van der Waals surface area contributed by atoms with Crippen molar-refractivity contribution >= 4 is 11.8 Å². The van der Waals surface area contributed by atoms with Crippen molar-refractivity contribution in [2.24, 2.45) is 0 Å². The van der Waals surface area contributed by atoms with E-state index in [-0.39, 0.29) is 0 Å². The first-order chi connectivity index (χ1) is 7.16. The van der Waals surface area contributed by atoms with Gasteiger partial charge in [0.25, 0.3) is 0 Å². The summed E-state index contributed by atoms with van der Waals surface area (Å²) in [6.45, 7) is 5.23. The average molecular weight is 231 g/mol. The number of nitrogens with one attached hydrogen (secondary N) is 1. The third-order valence-corrected chi connectivity index (χ3v) is 4.34. The van der Waals surface area contributed by atoms with Gasteiger partial charge in [-0.25, -0.2) is 0 Å². The van der Waals surface area contributed by atoms with Gasteiger partial charge < -0.3 is 10.4 Å². The highest BCUT2D eigenvalue weighted by molar-refractivity contribution is 7.99. The predicted octanol–water partition coefficient (Wildman–Crippen LogP) is 2.41. The van der Waals surface area contributed by atoms with Crippen molar-refractivity contribution in [2.45, 2.75) is 57.6 Å². The van der Waals surface area contributed by atoms with Gasteiger partial charge in [0.2, 0.25) is 0 Å². The Balaban J connectivity index is 2.07. The number of aliphatic hydroxyl groups is 1. The minimum absolute atomic E-state index is 0.427. The fourth-order valence-corrected chi connectivity index (χ4v) is 3.20. The molecule has 0 aromatic rings. The molecule has 15 heavy (non-hydrogen) atoms. The maximum absolute atomic E-state index is 10.1. The third-order valence-electron chi connectivity index (χ3n) is 3.10. The van der Waals surface area contributed by atoms with Crippen LogP contribution in [0.15, 0.2) is 0 Å². The summed E-state index contributed by atoms with van der Waals surface area (Å²) in [4.78, 5) is 0. The quantitative estimate of drug-likeness (QED) is 0.660. The molecule has 3 heteroatoms. The summed E-state index contributed by atoms with van der Waals surface area (Å²) < 4.78 is 0. The van der Waals surface area contributed by atoms with Crippen molar-refractivity contribution in [1.29, 1.82) is 0 Å². The summed E-state index contributed by atoms with van der Waals surface area (Å²) in [6.07, 6.45) is 6.10. The molecular weight excluding hydrogens is 206 g/mol. The van der Waals surface area contributed by atoms with Crippen LogP contribution < -0.4 is 5.32 Å². The Morgan fingerprint density at radius 1 is 1.47 bits per heavy atom. The fraction of sp³-hybridized carbons (Fsp3) is 1.00. The Morgan fingerprint density at radius 2 is 2.27 bits per heavy atom. The summed E-state index contributed by atoms with van der Waals surface area (Å²) in [6, 6.07) is 0.547. The first-order valence-electron chi connectivity index (χ1n) is 6.20. The van der Waals surface area contributed by atoms with Gasteiger partial charge in [-0.1, -0.05) is 26.2 Å². The first kappa shape index (κ1) is 13.3. The summed E-state index contributed by atoms with van der Waals surface area (Å²) in [5, 5.41) is 13.6. The Morgan fingerprint density at radius 3 is 2.87 bits per heavy atom. The molecule has 1 fully saturated rings. The van der Waals surface area contributed by atoms with E-state index in [2.05, 4.69) is 19.2 Å². The van der Waals surface area contributed by atoms with Gasteiger partial charge in [0, 0.05) is 18.3 Å². The fourth-order valence-electron chi connectivity index (χ4n) is 1.90. The second kappa shape index (κ2) is 6.77. The van der Waals surface area contributed by atoms with Crippen LogP contribution in [0.25, 0.3) is 0 Å². The summed E-state index contributed by atoms with van der Waals surface area (Å²) in [7, 11) is 0. The topological polar surface area (TPSA) is 32.3 Å². The van der Waals surface area contributed by atoms with Gasteiger partial charge in [0.15, 0.2) is 0 Å². The number of thioether (sulfide) groups is 1. The average Bonchev–Trinajstić information content (AvgIpc) is 2.64. The molecule has 0 saturated carbocycles. The zero-order chi connectivity index (χ0) is 11.1. The van der Waals surface area contributed by atoms with Gasteiger partial charge >= 0.3 is 0 Å². The van der Waals surface area contributed by atoms with Crippen molar-refractivity contribution in [3.8, 4) is 0 Å². The first-order valence-corrected chi connectivity index (χ1v) is 7.35. The van der Waals surface area contributed by atoms with Crippen molar-refractivity contribution in [3.63, 3.8) is 0 Å². The molecule has 0 bridgehead atoms. The highest BCUT2D eigenvalue weighted by Crippen LogP contribution is 2.27. The Bertz CT molecular complexity index is 169. The van der Waals surface area contributed by atoms with E-state index < -0.39 is 5.60 Å². The van der Waals surface area contributed by atoms with E-state index in [1.165, 1.54) is 25.7 Å². The number of rotatable bonds is 7. The van der Waals surface area contributed by atoms with Crippen LogP contribution in [0.4, 0.5) is 0 Å². The third kappa shape index (κ3) is 5.23. The van der Waals surface area contributed by atoms with E-state index >= 15 is 0 Å². The molecule has 0 aromatic carbocycles. The maximum atomic E-state index is 10.1. The largest absolute Gasteiger partial charge is 0.388 e. The van der Waals surface area contributed by atoms with Crippen molar-refractivity contribution in [1.82, 2.24) is 5.32 Å². The van der Waals surface area contributed by atoms with Crippen molar-refractivity contribution in [3.05, 3.63) is 0 Å². The standard InChI is InChI=1S/C12H25NOS/c1-3-4-5-6-11(2)13-9-12(14)7-8-15-10-12/h11,13-14H,3-10H2,1-2H3. The van der Waals surface area contributed by atoms with Crippen LogP contribution in [-0.2, 0) is 0 Å². The summed E-state index contributed by atoms with van der Waals surface area (Å²) >= 11 is 1.86. The van der Waals surface area contributed by atoms with Crippen LogP contribution in [-0.4, -0.2) is 34.8 Å². The second-order valence-corrected chi connectivity index (χ2v) is 5.91. The van der Waals surface area contributed by atoms with Gasteiger partial charge in [-0.3, -0.25) is 0 Å². The van der Waals surface area contributed by atoms with Gasteiger partial charge in [-0.2, -0.15) is 11.8 Å². The van der Waals surface area contributed by atoms with Crippen LogP contribution in [0.1, 0.15) is 46.0 Å². The van der Waals surface area contributed by atoms with E-state index in [9.17, 15) is 5.11 Å². The van der Waals surface area contributed by atoms with Crippen LogP contribution >= 0.6 is 11.8 Å². The maximum Gasteiger partial charge on any atom is 0.0869 e. The van der Waals surface area contributed by atoms with Crippen LogP contribution in [0, 0.1) is 0 Å². The molecule has 0 aromatic heterocycles. The normalized spacial score (nSPS) is 28.2. The van der Waals surface area contributed by atoms with E-state index in [4.69, 9.17) is 0 Å². The van der Waals surface area contributed by atoms with Crippen LogP contribution in [0.2, 0.25) is 0 Å². The lowest BCUT2D eigenvalue weighted by Crippen LogP contribution is -2.43.